The zero-order valence-electron chi connectivity index (χ0n) is 21.2. The number of hydrogen-bond acceptors (Lipinski definition) is 6. The van der Waals surface area contributed by atoms with Crippen molar-refractivity contribution in [1.29, 1.82) is 0 Å². The van der Waals surface area contributed by atoms with E-state index in [0.717, 1.165) is 18.6 Å². The molecule has 4 amide bonds. The number of amides is 4. The summed E-state index contributed by atoms with van der Waals surface area (Å²) in [6, 6.07) is 7.78. The third kappa shape index (κ3) is 9.46. The van der Waals surface area contributed by atoms with Gasteiger partial charge in [-0.3, -0.25) is 14.8 Å². The number of aliphatic hydroxyl groups excluding tert-OH is 1. The Hall–Kier alpha value is -2.10. The summed E-state index contributed by atoms with van der Waals surface area (Å²) in [5.74, 6) is -0.0609. The van der Waals surface area contributed by atoms with Gasteiger partial charge in [-0.2, -0.15) is 11.8 Å². The largest absolute Gasteiger partial charge is 0.383 e. The van der Waals surface area contributed by atoms with E-state index in [1.54, 1.807) is 11.8 Å². The predicted molar refractivity (Wildman–Crippen MR) is 138 cm³/mol. The van der Waals surface area contributed by atoms with Crippen LogP contribution in [0, 0.1) is 5.92 Å². The van der Waals surface area contributed by atoms with E-state index in [-0.39, 0.29) is 11.5 Å². The van der Waals surface area contributed by atoms with E-state index in [0.29, 0.717) is 12.3 Å². The number of hydroxylamine groups is 2. The van der Waals surface area contributed by atoms with Crippen LogP contribution in [0.25, 0.3) is 0 Å². The molecule has 1 fully saturated rings. The average molecular weight is 508 g/mol. The molecule has 1 saturated carbocycles. The van der Waals surface area contributed by atoms with Gasteiger partial charge >= 0.3 is 6.03 Å². The summed E-state index contributed by atoms with van der Waals surface area (Å²) in [4.78, 5) is 37.6. The van der Waals surface area contributed by atoms with Gasteiger partial charge in [-0.1, -0.05) is 56.0 Å². The van der Waals surface area contributed by atoms with Gasteiger partial charge in [0.1, 0.15) is 12.1 Å². The summed E-state index contributed by atoms with van der Waals surface area (Å²) < 4.78 is -0.673. The number of thioether (sulfide) groups is 1. The van der Waals surface area contributed by atoms with Gasteiger partial charge in [0.15, 0.2) is 0 Å². The standard InChI is InChI=1S/C26H41N3O5S/c1-26(2,35-18-20-15-8-5-9-16-20)22(23(31)27-3)28-25(33)29(34)24(32)21(30)17-11-10-14-19-12-6-4-7-13-19/h4,6-7,12-13,20-22,30,34H,5,8-11,14-18H2,1-3H3,(H,27,31)(H,28,33)/t21-,22-/m0/s1. The van der Waals surface area contributed by atoms with Crippen LogP contribution in [0.15, 0.2) is 30.3 Å². The number of imide groups is 1. The summed E-state index contributed by atoms with van der Waals surface area (Å²) in [5.41, 5.74) is 1.17. The Labute approximate surface area is 213 Å². The van der Waals surface area contributed by atoms with Crippen molar-refractivity contribution in [3.8, 4) is 0 Å². The molecule has 0 spiro atoms. The monoisotopic (exact) mass is 507 g/mol. The number of urea groups is 1. The third-order valence-electron chi connectivity index (χ3n) is 6.61. The molecule has 1 aromatic rings. The van der Waals surface area contributed by atoms with Crippen LogP contribution in [0.2, 0.25) is 0 Å². The van der Waals surface area contributed by atoms with E-state index < -0.39 is 34.7 Å². The number of aliphatic hydroxyl groups is 1. The Morgan fingerprint density at radius 2 is 1.77 bits per heavy atom. The second-order valence-corrected chi connectivity index (χ2v) is 11.5. The third-order valence-corrected chi connectivity index (χ3v) is 8.23. The smallest absolute Gasteiger partial charge is 0.349 e. The minimum absolute atomic E-state index is 0.111. The molecule has 2 rings (SSSR count). The van der Waals surface area contributed by atoms with Gasteiger partial charge < -0.3 is 15.7 Å². The van der Waals surface area contributed by atoms with E-state index in [4.69, 9.17) is 0 Å². The van der Waals surface area contributed by atoms with E-state index in [1.807, 2.05) is 44.2 Å². The van der Waals surface area contributed by atoms with Crippen LogP contribution in [0.1, 0.15) is 70.8 Å². The van der Waals surface area contributed by atoms with Gasteiger partial charge in [-0.15, -0.1) is 5.06 Å². The number of hydrogen-bond donors (Lipinski definition) is 4. The zero-order chi connectivity index (χ0) is 25.8. The van der Waals surface area contributed by atoms with Crippen LogP contribution < -0.4 is 10.6 Å². The zero-order valence-corrected chi connectivity index (χ0v) is 22.0. The van der Waals surface area contributed by atoms with E-state index >= 15 is 0 Å². The molecule has 0 saturated heterocycles. The number of likely N-dealkylation sites (N-methyl/N-ethyl adjacent to an activating group) is 1. The molecule has 0 heterocycles. The number of benzene rings is 1. The number of carbonyl (C=O) groups is 3. The van der Waals surface area contributed by atoms with Crippen LogP contribution >= 0.6 is 11.8 Å². The fourth-order valence-corrected chi connectivity index (χ4v) is 5.66. The van der Waals surface area contributed by atoms with Crippen molar-refractivity contribution >= 4 is 29.6 Å². The Morgan fingerprint density at radius 1 is 1.11 bits per heavy atom. The van der Waals surface area contributed by atoms with Crippen LogP contribution in [-0.2, 0) is 16.0 Å². The lowest BCUT2D eigenvalue weighted by Crippen LogP contribution is -2.59. The van der Waals surface area contributed by atoms with Gasteiger partial charge in [-0.25, -0.2) is 4.79 Å². The van der Waals surface area contributed by atoms with Crippen molar-refractivity contribution in [2.75, 3.05) is 12.8 Å². The molecule has 4 N–H and O–H groups in total. The molecule has 1 aromatic carbocycles. The first kappa shape index (κ1) is 29.1. The number of rotatable bonds is 12. The van der Waals surface area contributed by atoms with Gasteiger partial charge in [0.25, 0.3) is 5.91 Å². The molecule has 2 atom stereocenters. The summed E-state index contributed by atoms with van der Waals surface area (Å²) >= 11 is 1.61. The summed E-state index contributed by atoms with van der Waals surface area (Å²) in [7, 11) is 1.48. The summed E-state index contributed by atoms with van der Waals surface area (Å²) in [5, 5.41) is 25.3. The maximum absolute atomic E-state index is 12.6. The fraction of sp³-hybridized carbons (Fsp3) is 0.654. The molecule has 35 heavy (non-hydrogen) atoms. The highest BCUT2D eigenvalue weighted by molar-refractivity contribution is 8.00. The first-order chi connectivity index (χ1) is 16.7. The lowest BCUT2D eigenvalue weighted by molar-refractivity contribution is -0.162. The summed E-state index contributed by atoms with van der Waals surface area (Å²) in [6.45, 7) is 3.73. The molecule has 0 aromatic heterocycles. The summed E-state index contributed by atoms with van der Waals surface area (Å²) in [6.07, 6.45) is 6.79. The Kier molecular flexibility index (Phi) is 12.0. The lowest BCUT2D eigenvalue weighted by atomic mass is 9.91. The number of carbonyl (C=O) groups excluding carboxylic acids is 3. The van der Waals surface area contributed by atoms with Gasteiger partial charge in [-0.05, 0) is 63.2 Å². The highest BCUT2D eigenvalue weighted by Gasteiger charge is 2.39. The van der Waals surface area contributed by atoms with Crippen molar-refractivity contribution in [2.24, 2.45) is 5.92 Å². The van der Waals surface area contributed by atoms with E-state index in [1.165, 1.54) is 44.7 Å². The van der Waals surface area contributed by atoms with Gasteiger partial charge in [0.2, 0.25) is 5.91 Å². The second-order valence-electron chi connectivity index (χ2n) is 9.81. The lowest BCUT2D eigenvalue weighted by Gasteiger charge is -2.35. The van der Waals surface area contributed by atoms with Crippen molar-refractivity contribution < 1.29 is 24.7 Å². The number of nitrogens with zero attached hydrogens (tertiary/aromatic N) is 1. The van der Waals surface area contributed by atoms with Crippen molar-refractivity contribution in [3.05, 3.63) is 35.9 Å². The average Bonchev–Trinajstić information content (AvgIpc) is 2.88. The topological polar surface area (TPSA) is 119 Å². The maximum Gasteiger partial charge on any atom is 0.349 e. The molecule has 1 aliphatic carbocycles. The molecule has 0 bridgehead atoms. The molecule has 0 radical (unpaired) electrons. The highest BCUT2D eigenvalue weighted by Crippen LogP contribution is 2.34. The van der Waals surface area contributed by atoms with Crippen molar-refractivity contribution in [2.45, 2.75) is 88.5 Å². The molecule has 9 heteroatoms. The normalized spacial score (nSPS) is 16.3. The second kappa shape index (κ2) is 14.5. The van der Waals surface area contributed by atoms with E-state index in [2.05, 4.69) is 10.6 Å². The van der Waals surface area contributed by atoms with Crippen LogP contribution in [0.5, 0.6) is 0 Å². The SMILES string of the molecule is CNC(=O)[C@H](NC(=O)N(O)C(=O)[C@@H](O)CCCCc1ccccc1)C(C)(C)SCC1CCCCC1. The first-order valence-electron chi connectivity index (χ1n) is 12.6. The first-order valence-corrected chi connectivity index (χ1v) is 13.5. The predicted octanol–water partition coefficient (Wildman–Crippen LogP) is 3.89. The highest BCUT2D eigenvalue weighted by atomic mass is 32.2. The Balaban J connectivity index is 1.87. The minimum atomic E-state index is -1.51. The Morgan fingerprint density at radius 3 is 2.40 bits per heavy atom. The van der Waals surface area contributed by atoms with Crippen LogP contribution in [-0.4, -0.2) is 62.9 Å². The maximum atomic E-state index is 12.6. The molecule has 0 unspecified atom stereocenters. The van der Waals surface area contributed by atoms with Gasteiger partial charge in [0, 0.05) is 11.8 Å². The number of unbranched alkanes of at least 4 members (excludes halogenated alkanes) is 1. The van der Waals surface area contributed by atoms with Crippen LogP contribution in [0.4, 0.5) is 4.79 Å². The molecular weight excluding hydrogens is 466 g/mol. The van der Waals surface area contributed by atoms with Crippen molar-refractivity contribution in [3.63, 3.8) is 0 Å². The van der Waals surface area contributed by atoms with Crippen LogP contribution in [0.3, 0.4) is 0 Å². The molecule has 8 nitrogen and oxygen atoms in total. The Bertz CT molecular complexity index is 814. The quantitative estimate of drug-likeness (QED) is 0.194. The van der Waals surface area contributed by atoms with E-state index in [9.17, 15) is 24.7 Å². The number of aryl methyl sites for hydroxylation is 1. The van der Waals surface area contributed by atoms with Gasteiger partial charge in [0.05, 0.1) is 0 Å². The minimum Gasteiger partial charge on any atom is -0.383 e. The number of nitrogens with one attached hydrogen (secondary N) is 2. The molecular formula is C26H41N3O5S. The van der Waals surface area contributed by atoms with Crippen molar-refractivity contribution in [1.82, 2.24) is 15.7 Å². The molecule has 1 aliphatic rings. The fourth-order valence-electron chi connectivity index (χ4n) is 4.33. The molecule has 196 valence electrons. The molecule has 0 aliphatic heterocycles.